The van der Waals surface area contributed by atoms with Crippen LogP contribution < -0.4 is 0 Å². The van der Waals surface area contributed by atoms with Gasteiger partial charge in [0, 0.05) is 37.8 Å². The summed E-state index contributed by atoms with van der Waals surface area (Å²) >= 11 is 0. The maximum atomic E-state index is 13.2. The Bertz CT molecular complexity index is 1350. The second-order valence-corrected chi connectivity index (χ2v) is 7.86. The molecule has 1 atom stereocenters. The fourth-order valence-corrected chi connectivity index (χ4v) is 4.44. The second-order valence-electron chi connectivity index (χ2n) is 7.86. The first kappa shape index (κ1) is 19.3. The number of methoxy groups -OCH3 is 1. The molecule has 1 amide bonds. The molecule has 8 nitrogen and oxygen atoms in total. The van der Waals surface area contributed by atoms with Crippen molar-refractivity contribution in [2.75, 3.05) is 20.3 Å². The van der Waals surface area contributed by atoms with E-state index in [1.54, 1.807) is 30.3 Å². The van der Waals surface area contributed by atoms with E-state index in [2.05, 4.69) is 11.1 Å². The van der Waals surface area contributed by atoms with Gasteiger partial charge in [-0.1, -0.05) is 0 Å². The van der Waals surface area contributed by atoms with Crippen LogP contribution in [0.4, 0.5) is 0 Å². The largest absolute Gasteiger partial charge is 0.383 e. The molecule has 1 fully saturated rings. The zero-order valence-electron chi connectivity index (χ0n) is 17.4. The van der Waals surface area contributed by atoms with Crippen LogP contribution in [0.3, 0.4) is 0 Å². The number of ether oxygens (including phenoxy) is 1. The summed E-state index contributed by atoms with van der Waals surface area (Å²) in [6, 6.07) is 11.6. The summed E-state index contributed by atoms with van der Waals surface area (Å²) in [4.78, 5) is 19.5. The molecule has 0 spiro atoms. The molecule has 0 radical (unpaired) electrons. The summed E-state index contributed by atoms with van der Waals surface area (Å²) in [6.45, 7) is 1.31. The highest BCUT2D eigenvalue weighted by molar-refractivity contribution is 6.01. The van der Waals surface area contributed by atoms with Gasteiger partial charge < -0.3 is 9.64 Å². The van der Waals surface area contributed by atoms with Crippen LogP contribution in [-0.2, 0) is 11.8 Å². The Balaban J connectivity index is 1.57. The molecule has 1 aromatic carbocycles. The van der Waals surface area contributed by atoms with Gasteiger partial charge in [-0.2, -0.15) is 10.4 Å². The molecular weight excluding hydrogens is 392 g/mol. The highest BCUT2D eigenvalue weighted by atomic mass is 16.5. The minimum Gasteiger partial charge on any atom is -0.383 e. The number of imidazole rings is 1. The summed E-state index contributed by atoms with van der Waals surface area (Å²) < 4.78 is 8.95. The van der Waals surface area contributed by atoms with Crippen LogP contribution in [0.15, 0.2) is 42.7 Å². The first-order valence-electron chi connectivity index (χ1n) is 10.2. The molecule has 156 valence electrons. The van der Waals surface area contributed by atoms with E-state index in [0.717, 1.165) is 47.3 Å². The lowest BCUT2D eigenvalue weighted by Crippen LogP contribution is -2.38. The van der Waals surface area contributed by atoms with E-state index in [9.17, 15) is 10.1 Å². The lowest BCUT2D eigenvalue weighted by atomic mass is 10.1. The van der Waals surface area contributed by atoms with E-state index < -0.39 is 0 Å². The SMILES string of the molecule is COC[C@H]1CCCN1C(=O)c1ccc2c(-c3cnc4ccc(C#N)cn34)nn(C)c2c1. The molecular formula is C23H22N6O2. The van der Waals surface area contributed by atoms with Gasteiger partial charge in [-0.3, -0.25) is 13.9 Å². The van der Waals surface area contributed by atoms with E-state index in [-0.39, 0.29) is 11.9 Å². The van der Waals surface area contributed by atoms with Gasteiger partial charge >= 0.3 is 0 Å². The van der Waals surface area contributed by atoms with Crippen molar-refractivity contribution in [3.8, 4) is 17.5 Å². The zero-order valence-corrected chi connectivity index (χ0v) is 17.4. The number of rotatable bonds is 4. The van der Waals surface area contributed by atoms with Gasteiger partial charge in [-0.25, -0.2) is 4.98 Å². The van der Waals surface area contributed by atoms with Gasteiger partial charge in [0.15, 0.2) is 0 Å². The molecule has 0 saturated carbocycles. The third-order valence-electron chi connectivity index (χ3n) is 5.97. The van der Waals surface area contributed by atoms with Gasteiger partial charge in [-0.15, -0.1) is 0 Å². The van der Waals surface area contributed by atoms with Crippen LogP contribution in [0, 0.1) is 11.3 Å². The molecule has 1 aliphatic heterocycles. The van der Waals surface area contributed by atoms with E-state index in [1.807, 2.05) is 40.6 Å². The average Bonchev–Trinajstić information content (AvgIpc) is 3.50. The van der Waals surface area contributed by atoms with Crippen molar-refractivity contribution < 1.29 is 9.53 Å². The molecule has 0 unspecified atom stereocenters. The van der Waals surface area contributed by atoms with Crippen LogP contribution in [-0.4, -0.2) is 56.3 Å². The summed E-state index contributed by atoms with van der Waals surface area (Å²) in [5, 5.41) is 14.9. The van der Waals surface area contributed by atoms with Crippen molar-refractivity contribution in [3.05, 3.63) is 53.9 Å². The molecule has 5 rings (SSSR count). The molecule has 0 bridgehead atoms. The Labute approximate surface area is 179 Å². The third kappa shape index (κ3) is 3.14. The highest BCUT2D eigenvalue weighted by Gasteiger charge is 2.29. The number of hydrogen-bond acceptors (Lipinski definition) is 5. The summed E-state index contributed by atoms with van der Waals surface area (Å²) in [5.41, 5.74) is 4.38. The Morgan fingerprint density at radius 2 is 2.19 bits per heavy atom. The molecule has 4 heterocycles. The Morgan fingerprint density at radius 3 is 3.00 bits per heavy atom. The predicted octanol–water partition coefficient (Wildman–Crippen LogP) is 3.01. The number of aryl methyl sites for hydroxylation is 1. The normalized spacial score (nSPS) is 16.3. The van der Waals surface area contributed by atoms with Crippen LogP contribution in [0.1, 0.15) is 28.8 Å². The van der Waals surface area contributed by atoms with Crippen molar-refractivity contribution in [2.45, 2.75) is 18.9 Å². The minimum absolute atomic E-state index is 0.0256. The summed E-state index contributed by atoms with van der Waals surface area (Å²) in [7, 11) is 3.54. The van der Waals surface area contributed by atoms with Gasteiger partial charge in [0.1, 0.15) is 17.4 Å². The quantitative estimate of drug-likeness (QED) is 0.512. The van der Waals surface area contributed by atoms with Gasteiger partial charge in [0.25, 0.3) is 5.91 Å². The lowest BCUT2D eigenvalue weighted by Gasteiger charge is -2.24. The second kappa shape index (κ2) is 7.52. The summed E-state index contributed by atoms with van der Waals surface area (Å²) in [6.07, 6.45) is 5.49. The lowest BCUT2D eigenvalue weighted by molar-refractivity contribution is 0.0631. The Kier molecular flexibility index (Phi) is 4.68. The topological polar surface area (TPSA) is 88.4 Å². The molecule has 8 heteroatoms. The van der Waals surface area contributed by atoms with E-state index >= 15 is 0 Å². The molecule has 1 aliphatic rings. The van der Waals surface area contributed by atoms with Crippen LogP contribution in [0.25, 0.3) is 27.9 Å². The maximum absolute atomic E-state index is 13.2. The first-order chi connectivity index (χ1) is 15.1. The van der Waals surface area contributed by atoms with Crippen LogP contribution in [0.5, 0.6) is 0 Å². The van der Waals surface area contributed by atoms with E-state index in [0.29, 0.717) is 17.7 Å². The number of likely N-dealkylation sites (tertiary alicyclic amines) is 1. The van der Waals surface area contributed by atoms with E-state index in [4.69, 9.17) is 9.84 Å². The van der Waals surface area contributed by atoms with Crippen LogP contribution in [0.2, 0.25) is 0 Å². The predicted molar refractivity (Wildman–Crippen MR) is 116 cm³/mol. The average molecular weight is 414 g/mol. The highest BCUT2D eigenvalue weighted by Crippen LogP contribution is 2.30. The number of benzene rings is 1. The van der Waals surface area contributed by atoms with Gasteiger partial charge in [-0.05, 0) is 43.2 Å². The number of carbonyl (C=O) groups is 1. The Hall–Kier alpha value is -3.70. The number of nitriles is 1. The molecule has 0 aliphatic carbocycles. The Morgan fingerprint density at radius 1 is 1.32 bits per heavy atom. The molecule has 0 N–H and O–H groups in total. The molecule has 31 heavy (non-hydrogen) atoms. The molecule has 4 aromatic rings. The smallest absolute Gasteiger partial charge is 0.254 e. The zero-order chi connectivity index (χ0) is 21.5. The minimum atomic E-state index is 0.0256. The number of nitrogens with zero attached hydrogens (tertiary/aromatic N) is 6. The van der Waals surface area contributed by atoms with Gasteiger partial charge in [0.2, 0.25) is 0 Å². The number of amides is 1. The molecule has 3 aromatic heterocycles. The van der Waals surface area contributed by atoms with Crippen molar-refractivity contribution in [3.63, 3.8) is 0 Å². The number of pyridine rings is 1. The van der Waals surface area contributed by atoms with Crippen molar-refractivity contribution >= 4 is 22.5 Å². The molecule has 1 saturated heterocycles. The monoisotopic (exact) mass is 414 g/mol. The number of fused-ring (bicyclic) bond motifs is 2. The third-order valence-corrected chi connectivity index (χ3v) is 5.97. The van der Waals surface area contributed by atoms with Crippen molar-refractivity contribution in [1.82, 2.24) is 24.1 Å². The van der Waals surface area contributed by atoms with Crippen molar-refractivity contribution in [2.24, 2.45) is 7.05 Å². The number of hydrogen-bond donors (Lipinski definition) is 0. The van der Waals surface area contributed by atoms with Gasteiger partial charge in [0.05, 0.1) is 35.6 Å². The first-order valence-corrected chi connectivity index (χ1v) is 10.2. The van der Waals surface area contributed by atoms with Crippen molar-refractivity contribution in [1.29, 1.82) is 5.26 Å². The maximum Gasteiger partial charge on any atom is 0.254 e. The number of aromatic nitrogens is 4. The standard InChI is InChI=1S/C23H22N6O2/c1-27-19-10-16(23(30)28-9-3-4-17(28)14-31-2)6-7-18(19)22(26-27)20-12-25-21-8-5-15(11-24)13-29(20)21/h5-8,10,12-13,17H,3-4,9,14H2,1-2H3/t17-/m1/s1. The fourth-order valence-electron chi connectivity index (χ4n) is 4.44. The number of carbonyl (C=O) groups excluding carboxylic acids is 1. The fraction of sp³-hybridized carbons (Fsp3) is 0.304. The summed E-state index contributed by atoms with van der Waals surface area (Å²) in [5.74, 6) is 0.0256. The van der Waals surface area contributed by atoms with Crippen LogP contribution >= 0.6 is 0 Å². The van der Waals surface area contributed by atoms with E-state index in [1.165, 1.54) is 0 Å².